The summed E-state index contributed by atoms with van der Waals surface area (Å²) in [6.07, 6.45) is 2.55. The quantitative estimate of drug-likeness (QED) is 0.851. The number of hydrogen-bond donors (Lipinski definition) is 1. The molecule has 0 bridgehead atoms. The van der Waals surface area contributed by atoms with Gasteiger partial charge in [0, 0.05) is 14.6 Å². The fourth-order valence-corrected chi connectivity index (χ4v) is 3.34. The van der Waals surface area contributed by atoms with E-state index in [2.05, 4.69) is 36.6 Å². The van der Waals surface area contributed by atoms with E-state index in [9.17, 15) is 5.11 Å². The second-order valence-corrected chi connectivity index (χ2v) is 6.02. The van der Waals surface area contributed by atoms with Crippen molar-refractivity contribution in [2.75, 3.05) is 0 Å². The van der Waals surface area contributed by atoms with Crippen LogP contribution in [0.4, 0.5) is 0 Å². The van der Waals surface area contributed by atoms with Crippen LogP contribution in [0, 0.1) is 0 Å². The average Bonchev–Trinajstić information content (AvgIpc) is 2.96. The molecule has 0 aliphatic heterocycles. The van der Waals surface area contributed by atoms with E-state index in [4.69, 9.17) is 0 Å². The molecule has 2 heterocycles. The summed E-state index contributed by atoms with van der Waals surface area (Å²) in [6.45, 7) is 2.15. The van der Waals surface area contributed by atoms with Gasteiger partial charge in [-0.3, -0.25) is 0 Å². The minimum Gasteiger partial charge on any atom is -0.388 e. The smallest absolute Gasteiger partial charge is 0.0885 e. The SMILES string of the molecule is CCc1ccc(C(O)CCc2cccs2)s1. The van der Waals surface area contributed by atoms with Gasteiger partial charge in [-0.05, 0) is 42.8 Å². The van der Waals surface area contributed by atoms with Crippen LogP contribution < -0.4 is 0 Å². The number of aliphatic hydroxyl groups is 1. The third kappa shape index (κ3) is 2.94. The molecule has 16 heavy (non-hydrogen) atoms. The summed E-state index contributed by atoms with van der Waals surface area (Å²) in [5.41, 5.74) is 0. The van der Waals surface area contributed by atoms with Crippen molar-refractivity contribution in [3.63, 3.8) is 0 Å². The molecule has 2 rings (SSSR count). The molecule has 1 nitrogen and oxygen atoms in total. The summed E-state index contributed by atoms with van der Waals surface area (Å²) in [5.74, 6) is 0. The van der Waals surface area contributed by atoms with Gasteiger partial charge in [-0.15, -0.1) is 22.7 Å². The van der Waals surface area contributed by atoms with Crippen molar-refractivity contribution < 1.29 is 5.11 Å². The van der Waals surface area contributed by atoms with Crippen LogP contribution in [0.15, 0.2) is 29.6 Å². The van der Waals surface area contributed by atoms with E-state index in [0.29, 0.717) is 0 Å². The molecule has 0 saturated carbocycles. The van der Waals surface area contributed by atoms with Crippen molar-refractivity contribution in [3.05, 3.63) is 44.3 Å². The number of thiophene rings is 2. The first-order valence-electron chi connectivity index (χ1n) is 5.58. The highest BCUT2D eigenvalue weighted by Crippen LogP contribution is 2.27. The standard InChI is InChI=1S/C13H16OS2/c1-2-10-6-8-13(16-10)12(14)7-5-11-4-3-9-15-11/h3-4,6,8-9,12,14H,2,5,7H2,1H3. The van der Waals surface area contributed by atoms with Crippen molar-refractivity contribution >= 4 is 22.7 Å². The van der Waals surface area contributed by atoms with Gasteiger partial charge in [0.1, 0.15) is 0 Å². The lowest BCUT2D eigenvalue weighted by Crippen LogP contribution is -1.95. The van der Waals surface area contributed by atoms with Crippen LogP contribution in [-0.2, 0) is 12.8 Å². The average molecular weight is 252 g/mol. The van der Waals surface area contributed by atoms with Crippen molar-refractivity contribution in [3.8, 4) is 0 Å². The van der Waals surface area contributed by atoms with Crippen LogP contribution >= 0.6 is 22.7 Å². The largest absolute Gasteiger partial charge is 0.388 e. The van der Waals surface area contributed by atoms with Crippen LogP contribution in [0.3, 0.4) is 0 Å². The molecule has 0 fully saturated rings. The maximum Gasteiger partial charge on any atom is 0.0885 e. The first kappa shape index (κ1) is 11.8. The van der Waals surface area contributed by atoms with Gasteiger partial charge in [0.25, 0.3) is 0 Å². The van der Waals surface area contributed by atoms with E-state index in [0.717, 1.165) is 24.1 Å². The molecule has 0 aliphatic rings. The van der Waals surface area contributed by atoms with Crippen LogP contribution in [0.5, 0.6) is 0 Å². The Labute approximate surface area is 104 Å². The second-order valence-electron chi connectivity index (χ2n) is 3.79. The summed E-state index contributed by atoms with van der Waals surface area (Å²) in [6, 6.07) is 8.37. The van der Waals surface area contributed by atoms with E-state index in [-0.39, 0.29) is 6.10 Å². The fraction of sp³-hybridized carbons (Fsp3) is 0.385. The Morgan fingerprint density at radius 3 is 2.75 bits per heavy atom. The minimum absolute atomic E-state index is 0.299. The van der Waals surface area contributed by atoms with Crippen LogP contribution in [0.25, 0.3) is 0 Å². The summed E-state index contributed by atoms with van der Waals surface area (Å²) in [5, 5.41) is 12.1. The Hall–Kier alpha value is -0.640. The van der Waals surface area contributed by atoms with Crippen LogP contribution in [-0.4, -0.2) is 5.11 Å². The summed E-state index contributed by atoms with van der Waals surface area (Å²) in [4.78, 5) is 3.81. The normalized spacial score (nSPS) is 12.9. The predicted molar refractivity (Wildman–Crippen MR) is 71.3 cm³/mol. The summed E-state index contributed by atoms with van der Waals surface area (Å²) in [7, 11) is 0. The number of hydrogen-bond acceptors (Lipinski definition) is 3. The molecule has 1 atom stereocenters. The highest BCUT2D eigenvalue weighted by atomic mass is 32.1. The second kappa shape index (κ2) is 5.62. The minimum atomic E-state index is -0.299. The summed E-state index contributed by atoms with van der Waals surface area (Å²) < 4.78 is 0. The highest BCUT2D eigenvalue weighted by molar-refractivity contribution is 7.12. The van der Waals surface area contributed by atoms with E-state index in [1.54, 1.807) is 22.7 Å². The Morgan fingerprint density at radius 2 is 2.12 bits per heavy atom. The van der Waals surface area contributed by atoms with E-state index >= 15 is 0 Å². The molecule has 2 aromatic rings. The van der Waals surface area contributed by atoms with E-state index in [1.807, 2.05) is 0 Å². The lowest BCUT2D eigenvalue weighted by Gasteiger charge is -2.06. The molecule has 0 spiro atoms. The third-order valence-electron chi connectivity index (χ3n) is 2.60. The van der Waals surface area contributed by atoms with Crippen molar-refractivity contribution in [1.29, 1.82) is 0 Å². The Bertz CT molecular complexity index is 417. The molecule has 0 radical (unpaired) electrons. The molecule has 0 saturated heterocycles. The van der Waals surface area contributed by atoms with Gasteiger partial charge in [-0.1, -0.05) is 13.0 Å². The molecule has 86 valence electrons. The zero-order valence-electron chi connectivity index (χ0n) is 9.35. The van der Waals surface area contributed by atoms with Gasteiger partial charge in [0.05, 0.1) is 6.10 Å². The van der Waals surface area contributed by atoms with E-state index < -0.39 is 0 Å². The molecular weight excluding hydrogens is 236 g/mol. The first-order valence-corrected chi connectivity index (χ1v) is 7.28. The highest BCUT2D eigenvalue weighted by Gasteiger charge is 2.10. The summed E-state index contributed by atoms with van der Waals surface area (Å²) >= 11 is 3.49. The van der Waals surface area contributed by atoms with Crippen molar-refractivity contribution in [2.45, 2.75) is 32.3 Å². The third-order valence-corrected chi connectivity index (χ3v) is 4.87. The van der Waals surface area contributed by atoms with Gasteiger partial charge < -0.3 is 5.11 Å². The van der Waals surface area contributed by atoms with Gasteiger partial charge in [-0.25, -0.2) is 0 Å². The van der Waals surface area contributed by atoms with Crippen molar-refractivity contribution in [1.82, 2.24) is 0 Å². The molecule has 0 aromatic carbocycles. The van der Waals surface area contributed by atoms with Gasteiger partial charge in [0.15, 0.2) is 0 Å². The maximum atomic E-state index is 10.0. The molecule has 2 aromatic heterocycles. The van der Waals surface area contributed by atoms with Crippen LogP contribution in [0.2, 0.25) is 0 Å². The Kier molecular flexibility index (Phi) is 4.16. The van der Waals surface area contributed by atoms with Crippen molar-refractivity contribution in [2.24, 2.45) is 0 Å². The lowest BCUT2D eigenvalue weighted by molar-refractivity contribution is 0.172. The molecule has 0 amide bonds. The zero-order chi connectivity index (χ0) is 11.4. The molecule has 0 aliphatic carbocycles. The lowest BCUT2D eigenvalue weighted by atomic mass is 10.1. The number of aliphatic hydroxyl groups excluding tert-OH is 1. The fourth-order valence-electron chi connectivity index (χ4n) is 1.64. The van der Waals surface area contributed by atoms with Gasteiger partial charge >= 0.3 is 0 Å². The molecule has 3 heteroatoms. The molecular formula is C13H16OS2. The number of rotatable bonds is 5. The van der Waals surface area contributed by atoms with E-state index in [1.165, 1.54) is 9.75 Å². The predicted octanol–water partition coefficient (Wildman–Crippen LogP) is 4.04. The zero-order valence-corrected chi connectivity index (χ0v) is 11.0. The Morgan fingerprint density at radius 1 is 1.25 bits per heavy atom. The monoisotopic (exact) mass is 252 g/mol. The topological polar surface area (TPSA) is 20.2 Å². The van der Waals surface area contributed by atoms with Crippen LogP contribution in [0.1, 0.15) is 34.1 Å². The van der Waals surface area contributed by atoms with Gasteiger partial charge in [0.2, 0.25) is 0 Å². The molecule has 1 N–H and O–H groups in total. The number of aryl methyl sites for hydroxylation is 2. The molecule has 1 unspecified atom stereocenters. The van der Waals surface area contributed by atoms with Gasteiger partial charge in [-0.2, -0.15) is 0 Å². The first-order chi connectivity index (χ1) is 7.79. The Balaban J connectivity index is 1.90. The maximum absolute atomic E-state index is 10.0.